The van der Waals surface area contributed by atoms with Gasteiger partial charge >= 0.3 is 28.4 Å². The number of sulfone groups is 5. The van der Waals surface area contributed by atoms with Crippen molar-refractivity contribution in [2.24, 2.45) is 0 Å². The summed E-state index contributed by atoms with van der Waals surface area (Å²) in [5.74, 6) is 2.22. The molecule has 48 heteroatoms. The predicted molar refractivity (Wildman–Crippen MR) is 568 cm³/mol. The van der Waals surface area contributed by atoms with Crippen LogP contribution in [0.25, 0.3) is 55.2 Å². The molecule has 0 spiro atoms. The molecule has 0 aliphatic carbocycles. The molecule has 5 atom stereocenters. The lowest BCUT2D eigenvalue weighted by Gasteiger charge is -2.20. The molecule has 4 N–H and O–H groups in total. The first-order chi connectivity index (χ1) is 69.3. The van der Waals surface area contributed by atoms with Crippen LogP contribution >= 0.6 is 55.1 Å². The van der Waals surface area contributed by atoms with Gasteiger partial charge in [-0.15, -0.1) is 0 Å². The standard InChI is InChI=1S/C21H23ClF2N2O5S.C21H24N2O6S.C19H20BrFN2O5S.C19H21BrN2O5S.C19H21ClN2O5S/c1-4-31-18-10-13(8-9-17(18)30-2)16(12-32(3,28)29)26-15-7-5-6-14(22)20(15)25(21(26)27)11-19(23)24;1-5-29-19-11-14(9-10-18(19)28-3)17(12-30(4,26)27)23-16-8-6-7-15(13(2)24)20(16)22-21(23)25;1-4-28-17-7-11(5-6-16(17)27-2)15(10-29(3,25)26)23-18-13(21)8-12(20)9-14(18)22-19(23)24;2*1-4-27-18-9-12(5-8-17(18)26-2)16(11-28(3,24)25)22-15-7-6-13(20)10-14(15)21-19(22)23/h5-10,16,19H,4,11-12H2,1-3H3;6-11,17H,5,12H2,1-4H3,(H,22,25);5-9,15H,4,10H2,1-3H3,(H,22,24);2*5-10,16H,4,11H2,1-3H3,(H,21,23)/t16-;17-;15-;2*16-/m11000/s1. The number of ketones is 1. The molecule has 0 amide bonds. The van der Waals surface area contributed by atoms with Gasteiger partial charge < -0.3 is 67.3 Å². The minimum absolute atomic E-state index is 0.000581. The van der Waals surface area contributed by atoms with Gasteiger partial charge in [-0.2, -0.15) is 0 Å². The third-order valence-electron chi connectivity index (χ3n) is 22.7. The van der Waals surface area contributed by atoms with Crippen molar-refractivity contribution in [3.8, 4) is 57.5 Å². The molecule has 0 saturated heterocycles. The Balaban J connectivity index is 0.000000175. The highest BCUT2D eigenvalue weighted by molar-refractivity contribution is 9.10. The van der Waals surface area contributed by atoms with Crippen LogP contribution in [0.1, 0.15) is 110 Å². The van der Waals surface area contributed by atoms with E-state index in [1.165, 1.54) is 72.9 Å². The average molecular weight is 2300 g/mol. The van der Waals surface area contributed by atoms with Gasteiger partial charge in [0.15, 0.2) is 63.3 Å². The van der Waals surface area contributed by atoms with Crippen LogP contribution in [0.4, 0.5) is 13.2 Å². The molecule has 15 aromatic rings. The number of nitrogens with one attached hydrogen (secondary N) is 4. The fourth-order valence-corrected chi connectivity index (χ4v) is 22.6. The number of rotatable bonds is 38. The van der Waals surface area contributed by atoms with Crippen molar-refractivity contribution in [3.63, 3.8) is 0 Å². The van der Waals surface area contributed by atoms with Gasteiger partial charge in [-0.25, -0.2) is 79.2 Å². The number of H-pyrrole nitrogens is 4. The van der Waals surface area contributed by atoms with E-state index in [-0.39, 0.29) is 55.8 Å². The van der Waals surface area contributed by atoms with E-state index in [0.717, 1.165) is 44.9 Å². The summed E-state index contributed by atoms with van der Waals surface area (Å²) in [6.45, 7) is 11.6. The van der Waals surface area contributed by atoms with Crippen molar-refractivity contribution in [2.45, 2.75) is 84.7 Å². The van der Waals surface area contributed by atoms with Crippen molar-refractivity contribution in [3.05, 3.63) is 287 Å². The first-order valence-electron chi connectivity index (χ1n) is 45.1. The van der Waals surface area contributed by atoms with Gasteiger partial charge in [0.25, 0.3) is 6.43 Å². The second-order valence-electron chi connectivity index (χ2n) is 33.6. The topological polar surface area (TPSA) is 458 Å². The van der Waals surface area contributed by atoms with Crippen molar-refractivity contribution in [2.75, 3.05) is 129 Å². The Morgan fingerprint density at radius 3 is 1.04 bits per heavy atom. The second-order valence-corrected chi connectivity index (χ2v) is 47.2. The zero-order valence-corrected chi connectivity index (χ0v) is 91.2. The van der Waals surface area contributed by atoms with Crippen molar-refractivity contribution in [1.29, 1.82) is 0 Å². The summed E-state index contributed by atoms with van der Waals surface area (Å²) in [4.78, 5) is 87.1. The van der Waals surface area contributed by atoms with Gasteiger partial charge in [-0.3, -0.25) is 32.2 Å². The summed E-state index contributed by atoms with van der Waals surface area (Å²) in [5.41, 5.74) is 4.25. The Morgan fingerprint density at radius 1 is 0.361 bits per heavy atom. The van der Waals surface area contributed by atoms with Crippen LogP contribution in [-0.4, -0.2) is 230 Å². The number of fused-ring (bicyclic) bond motifs is 5. The number of hydrogen-bond donors (Lipinski definition) is 4. The number of para-hydroxylation sites is 2. The summed E-state index contributed by atoms with van der Waals surface area (Å²) in [6, 6.07) is 43.5. The molecule has 0 aliphatic heterocycles. The summed E-state index contributed by atoms with van der Waals surface area (Å²) in [5, 5.41) is 0.588. The van der Waals surface area contributed by atoms with E-state index < -0.39 is 132 Å². The zero-order chi connectivity index (χ0) is 108. The molecule has 0 bridgehead atoms. The fraction of sp³-hybridized carbons (Fsp3) is 0.333. The van der Waals surface area contributed by atoms with Gasteiger partial charge in [-0.05, 0) is 203 Å². The lowest BCUT2D eigenvalue weighted by Crippen LogP contribution is -2.32. The van der Waals surface area contributed by atoms with Crippen molar-refractivity contribution < 1.29 is 107 Å². The van der Waals surface area contributed by atoms with Gasteiger partial charge in [0, 0.05) is 50.8 Å². The van der Waals surface area contributed by atoms with E-state index in [1.54, 1.807) is 172 Å². The molecule has 5 heterocycles. The van der Waals surface area contributed by atoms with Crippen LogP contribution in [0.3, 0.4) is 0 Å². The minimum atomic E-state index is -3.59. The maximum atomic E-state index is 14.7. The van der Waals surface area contributed by atoms with Gasteiger partial charge in [0.2, 0.25) is 0 Å². The number of Topliss-reactive ketones (excluding diaryl/α,β-unsaturated/α-hetero) is 1. The number of aromatic nitrogens is 10. The van der Waals surface area contributed by atoms with E-state index >= 15 is 0 Å². The Hall–Kier alpha value is -12.7. The number of ether oxygens (including phenoxy) is 10. The molecule has 0 unspecified atom stereocenters. The average Bonchev–Trinajstić information content (AvgIpc) is 1.60. The van der Waals surface area contributed by atoms with Gasteiger partial charge in [0.05, 0.1) is 189 Å². The molecular formula is C99H109Br2Cl2F3N10O26S5. The molecule has 10 aromatic carbocycles. The van der Waals surface area contributed by atoms with E-state index in [0.29, 0.717) is 167 Å². The van der Waals surface area contributed by atoms with Crippen LogP contribution in [0, 0.1) is 5.82 Å². The number of aromatic amines is 4. The van der Waals surface area contributed by atoms with E-state index in [2.05, 4.69) is 51.8 Å². The summed E-state index contributed by atoms with van der Waals surface area (Å²) in [7, 11) is -9.83. The highest BCUT2D eigenvalue weighted by Gasteiger charge is 2.34. The third kappa shape index (κ3) is 28.4. The van der Waals surface area contributed by atoms with Crippen molar-refractivity contribution in [1.82, 2.24) is 47.3 Å². The summed E-state index contributed by atoms with van der Waals surface area (Å²) < 4.78 is 226. The van der Waals surface area contributed by atoms with Crippen LogP contribution in [0.5, 0.6) is 57.5 Å². The Kier molecular flexibility index (Phi) is 38.2. The number of hydrogen-bond acceptors (Lipinski definition) is 26. The number of carbonyl (C=O) groups excluding carboxylic acids is 1. The highest BCUT2D eigenvalue weighted by atomic mass is 79.9. The summed E-state index contributed by atoms with van der Waals surface area (Å²) in [6.07, 6.45) is 2.73. The number of nitrogens with zero attached hydrogens (tertiary/aromatic N) is 6. The molecule has 36 nitrogen and oxygen atoms in total. The van der Waals surface area contributed by atoms with Crippen LogP contribution < -0.4 is 75.8 Å². The molecule has 5 aromatic heterocycles. The molecule has 0 radical (unpaired) electrons. The normalized spacial score (nSPS) is 12.8. The first kappa shape index (κ1) is 115. The smallest absolute Gasteiger partial charge is 0.329 e. The second kappa shape index (κ2) is 49.0. The number of halogens is 7. The number of alkyl halides is 2. The van der Waals surface area contributed by atoms with E-state index in [9.17, 15) is 84.0 Å². The number of imidazole rings is 5. The van der Waals surface area contributed by atoms with Crippen LogP contribution in [-0.2, 0) is 55.7 Å². The Labute approximate surface area is 870 Å². The predicted octanol–water partition coefficient (Wildman–Crippen LogP) is 15.8. The SMILES string of the molecule is CCOc1cc([C@@H](CS(C)(=O)=O)n2c(=O)[nH]c3c(C(C)=O)cccc32)ccc1OC.CCOc1cc([C@@H](CS(C)(=O)=O)n2c(=O)n(CC(F)F)c3c(Cl)cccc32)ccc1OC.CCOc1cc([C@H](CS(C)(=O)=O)n2c(=O)[nH]c3cc(Br)cc(F)c32)ccc1OC.CCOc1cc([C@H](CS(C)(=O)=O)n2c(=O)[nH]c3cc(Br)ccc32)ccc1OC.CCOc1cc([C@H](CS(C)(=O)=O)n2c(=O)[nH]c3cc(Cl)ccc32)ccc1OC. The largest absolute Gasteiger partial charge is 0.493 e. The lowest BCUT2D eigenvalue weighted by atomic mass is 10.1. The summed E-state index contributed by atoms with van der Waals surface area (Å²) >= 11 is 18.8. The molecule has 15 rings (SSSR count). The van der Waals surface area contributed by atoms with Crippen molar-refractivity contribution >= 4 is 165 Å². The lowest BCUT2D eigenvalue weighted by molar-refractivity contribution is 0.101. The first-order valence-corrected chi connectivity index (χ1v) is 57.7. The molecule has 0 saturated carbocycles. The molecule has 0 fully saturated rings. The van der Waals surface area contributed by atoms with E-state index in [4.69, 9.17) is 70.6 Å². The quantitative estimate of drug-likeness (QED) is 0.0261. The molecule has 147 heavy (non-hydrogen) atoms. The molecule has 790 valence electrons. The van der Waals surface area contributed by atoms with Gasteiger partial charge in [-0.1, -0.05) is 97.5 Å². The molecular weight excluding hydrogens is 2190 g/mol. The monoisotopic (exact) mass is 2300 g/mol. The number of benzene rings is 10. The third-order valence-corrected chi connectivity index (χ3v) is 28.8. The van der Waals surface area contributed by atoms with Crippen LogP contribution in [0.2, 0.25) is 10.0 Å². The number of carbonyl (C=O) groups is 1. The van der Waals surface area contributed by atoms with Crippen LogP contribution in [0.15, 0.2) is 209 Å². The molecule has 0 aliphatic rings. The van der Waals surface area contributed by atoms with E-state index in [1.807, 2.05) is 26.8 Å². The maximum absolute atomic E-state index is 14.7. The Morgan fingerprint density at radius 2 is 0.680 bits per heavy atom. The maximum Gasteiger partial charge on any atom is 0.329 e. The minimum Gasteiger partial charge on any atom is -0.493 e. The zero-order valence-electron chi connectivity index (χ0n) is 82.5. The fourth-order valence-electron chi connectivity index (χ4n) is 16.8. The number of methoxy groups -OCH3 is 5. The highest BCUT2D eigenvalue weighted by Crippen LogP contribution is 2.41. The van der Waals surface area contributed by atoms with Gasteiger partial charge in [0.1, 0.15) is 60.5 Å². The Bertz CT molecular complexity index is 8150.